The molecule has 5 aromatic rings. The molecule has 5 rings (SSSR count). The summed E-state index contributed by atoms with van der Waals surface area (Å²) < 4.78 is 3.50. The number of benzene rings is 3. The van der Waals surface area contributed by atoms with E-state index in [1.54, 1.807) is 15.6 Å². The van der Waals surface area contributed by atoms with Gasteiger partial charge in [-0.15, -0.1) is 0 Å². The minimum Gasteiger partial charge on any atom is -0.334 e. The molecule has 0 aliphatic carbocycles. The lowest BCUT2D eigenvalue weighted by Gasteiger charge is -2.13. The van der Waals surface area contributed by atoms with Gasteiger partial charge in [-0.25, -0.2) is 9.48 Å². The van der Waals surface area contributed by atoms with Gasteiger partial charge in [0.2, 0.25) is 0 Å². The number of nitrogens with zero attached hydrogens (tertiary/aromatic N) is 4. The quantitative estimate of drug-likeness (QED) is 0.346. The number of para-hydroxylation sites is 1. The van der Waals surface area contributed by atoms with Gasteiger partial charge in [0.15, 0.2) is 0 Å². The van der Waals surface area contributed by atoms with E-state index in [4.69, 9.17) is 5.10 Å². The van der Waals surface area contributed by atoms with Crippen molar-refractivity contribution in [3.63, 3.8) is 0 Å². The van der Waals surface area contributed by atoms with Crippen LogP contribution in [0.1, 0.15) is 11.1 Å². The average Bonchev–Trinajstić information content (AvgIpc) is 3.47. The number of hydrogen-bond donors (Lipinski definition) is 2. The molecule has 7 heteroatoms. The van der Waals surface area contributed by atoms with E-state index in [0.717, 1.165) is 39.2 Å². The number of rotatable bonds is 6. The molecule has 2 aromatic heterocycles. The van der Waals surface area contributed by atoms with Gasteiger partial charge in [0.05, 0.1) is 11.9 Å². The van der Waals surface area contributed by atoms with Crippen molar-refractivity contribution in [3.8, 4) is 28.1 Å². The predicted octanol–water partition coefficient (Wildman–Crippen LogP) is 5.57. The first kappa shape index (κ1) is 22.2. The molecule has 2 amide bonds. The average molecular weight is 463 g/mol. The van der Waals surface area contributed by atoms with Crippen molar-refractivity contribution in [1.82, 2.24) is 24.9 Å². The Morgan fingerprint density at radius 2 is 1.57 bits per heavy atom. The van der Waals surface area contributed by atoms with Crippen molar-refractivity contribution in [2.24, 2.45) is 7.05 Å². The Morgan fingerprint density at radius 3 is 2.29 bits per heavy atom. The summed E-state index contributed by atoms with van der Waals surface area (Å²) in [6, 6.07) is 27.7. The second kappa shape index (κ2) is 9.69. The van der Waals surface area contributed by atoms with E-state index in [9.17, 15) is 4.79 Å². The highest BCUT2D eigenvalue weighted by molar-refractivity contribution is 5.91. The minimum absolute atomic E-state index is 0.300. The van der Waals surface area contributed by atoms with Crippen LogP contribution in [-0.2, 0) is 13.6 Å². The van der Waals surface area contributed by atoms with Crippen LogP contribution in [-0.4, -0.2) is 25.6 Å². The van der Waals surface area contributed by atoms with Crippen molar-refractivity contribution < 1.29 is 4.79 Å². The van der Waals surface area contributed by atoms with Crippen molar-refractivity contribution in [2.75, 3.05) is 5.32 Å². The van der Waals surface area contributed by atoms with Crippen molar-refractivity contribution in [2.45, 2.75) is 13.5 Å². The lowest BCUT2D eigenvalue weighted by molar-refractivity contribution is 0.251. The number of carbonyl (C=O) groups is 1. The number of nitrogens with one attached hydrogen (secondary N) is 2. The molecular formula is C28H26N6O. The molecule has 2 heterocycles. The fraction of sp³-hybridized carbons (Fsp3) is 0.107. The van der Waals surface area contributed by atoms with Crippen LogP contribution in [0.15, 0.2) is 97.3 Å². The molecule has 0 spiro atoms. The Balaban J connectivity index is 1.41. The molecule has 0 atom stereocenters. The van der Waals surface area contributed by atoms with Gasteiger partial charge in [0.1, 0.15) is 11.5 Å². The third kappa shape index (κ3) is 4.70. The number of amides is 2. The number of hydrogen-bond acceptors (Lipinski definition) is 3. The minimum atomic E-state index is -0.300. The molecule has 0 fully saturated rings. The van der Waals surface area contributed by atoms with Gasteiger partial charge in [-0.1, -0.05) is 72.8 Å². The first-order valence-corrected chi connectivity index (χ1v) is 11.4. The molecule has 0 radical (unpaired) electrons. The van der Waals surface area contributed by atoms with Crippen LogP contribution in [0.4, 0.5) is 10.6 Å². The summed E-state index contributed by atoms with van der Waals surface area (Å²) in [5, 5.41) is 15.1. The summed E-state index contributed by atoms with van der Waals surface area (Å²) in [7, 11) is 1.87. The number of aryl methyl sites for hydroxylation is 1. The third-order valence-electron chi connectivity index (χ3n) is 5.87. The maximum Gasteiger partial charge on any atom is 0.320 e. The molecule has 0 unspecified atom stereocenters. The maximum absolute atomic E-state index is 13.0. The lowest BCUT2D eigenvalue weighted by atomic mass is 10.00. The molecule has 3 aromatic carbocycles. The van der Waals surface area contributed by atoms with Crippen LogP contribution < -0.4 is 10.6 Å². The molecule has 35 heavy (non-hydrogen) atoms. The Hall–Kier alpha value is -4.65. The molecule has 0 aliphatic rings. The van der Waals surface area contributed by atoms with E-state index >= 15 is 0 Å². The maximum atomic E-state index is 13.0. The van der Waals surface area contributed by atoms with Crippen molar-refractivity contribution >= 4 is 11.8 Å². The van der Waals surface area contributed by atoms with Crippen LogP contribution >= 0.6 is 0 Å². The lowest BCUT2D eigenvalue weighted by Crippen LogP contribution is -2.29. The molecular weight excluding hydrogens is 436 g/mol. The number of carbonyl (C=O) groups excluding carboxylic acids is 1. The van der Waals surface area contributed by atoms with Crippen molar-refractivity contribution in [3.05, 3.63) is 108 Å². The first-order valence-electron chi connectivity index (χ1n) is 11.4. The van der Waals surface area contributed by atoms with Crippen LogP contribution in [0.25, 0.3) is 28.1 Å². The van der Waals surface area contributed by atoms with E-state index in [1.807, 2.05) is 86.9 Å². The van der Waals surface area contributed by atoms with Gasteiger partial charge < -0.3 is 5.32 Å². The first-order chi connectivity index (χ1) is 17.1. The molecule has 174 valence electrons. The number of aromatic nitrogens is 4. The summed E-state index contributed by atoms with van der Waals surface area (Å²) >= 11 is 0. The Kier molecular flexibility index (Phi) is 6.13. The monoisotopic (exact) mass is 462 g/mol. The second-order valence-electron chi connectivity index (χ2n) is 8.30. The molecule has 2 N–H and O–H groups in total. The largest absolute Gasteiger partial charge is 0.334 e. The number of urea groups is 1. The zero-order chi connectivity index (χ0) is 24.2. The zero-order valence-corrected chi connectivity index (χ0v) is 19.6. The SMILES string of the molecule is Cc1c(-c2cnn(C)c2)nn(-c2ccccc2)c1NC(=O)NCc1ccccc1-c1ccccc1. The van der Waals surface area contributed by atoms with Crippen LogP contribution in [0.2, 0.25) is 0 Å². The third-order valence-corrected chi connectivity index (χ3v) is 5.87. The van der Waals surface area contributed by atoms with Crippen LogP contribution in [0.5, 0.6) is 0 Å². The smallest absolute Gasteiger partial charge is 0.320 e. The predicted molar refractivity (Wildman–Crippen MR) is 138 cm³/mol. The molecule has 0 bridgehead atoms. The Labute approximate surface area is 204 Å². The number of anilines is 1. The summed E-state index contributed by atoms with van der Waals surface area (Å²) in [4.78, 5) is 13.0. The van der Waals surface area contributed by atoms with Crippen molar-refractivity contribution in [1.29, 1.82) is 0 Å². The van der Waals surface area contributed by atoms with Gasteiger partial charge in [0, 0.05) is 30.9 Å². The summed E-state index contributed by atoms with van der Waals surface area (Å²) in [5.74, 6) is 0.615. The standard InChI is InChI=1S/C28H26N6O/c1-20-26(23-18-30-33(2)19-23)32-34(24-14-7-4-8-15-24)27(20)31-28(35)29-17-22-13-9-10-16-25(22)21-11-5-3-6-12-21/h3-16,18-19H,17H2,1-2H3,(H2,29,31,35). The van der Waals surface area contributed by atoms with Gasteiger partial charge in [-0.3, -0.25) is 10.00 Å². The van der Waals surface area contributed by atoms with Gasteiger partial charge in [-0.05, 0) is 35.7 Å². The summed E-state index contributed by atoms with van der Waals surface area (Å²) in [6.45, 7) is 2.35. The Bertz CT molecular complexity index is 1450. The van der Waals surface area contributed by atoms with E-state index < -0.39 is 0 Å². The van der Waals surface area contributed by atoms with E-state index in [1.165, 1.54) is 0 Å². The van der Waals surface area contributed by atoms with E-state index in [2.05, 4.69) is 33.9 Å². The van der Waals surface area contributed by atoms with Gasteiger partial charge in [-0.2, -0.15) is 10.2 Å². The van der Waals surface area contributed by atoms with Crippen LogP contribution in [0.3, 0.4) is 0 Å². The topological polar surface area (TPSA) is 76.8 Å². The summed E-state index contributed by atoms with van der Waals surface area (Å²) in [5.41, 5.74) is 6.63. The fourth-order valence-electron chi connectivity index (χ4n) is 4.12. The Morgan fingerprint density at radius 1 is 0.886 bits per heavy atom. The highest BCUT2D eigenvalue weighted by atomic mass is 16.2. The molecule has 0 aliphatic heterocycles. The second-order valence-corrected chi connectivity index (χ2v) is 8.30. The summed E-state index contributed by atoms with van der Waals surface area (Å²) in [6.07, 6.45) is 3.68. The fourth-order valence-corrected chi connectivity index (χ4v) is 4.12. The van der Waals surface area contributed by atoms with E-state index in [0.29, 0.717) is 12.4 Å². The highest BCUT2D eigenvalue weighted by Gasteiger charge is 2.20. The molecule has 0 saturated heterocycles. The van der Waals surface area contributed by atoms with Gasteiger partial charge >= 0.3 is 6.03 Å². The highest BCUT2D eigenvalue weighted by Crippen LogP contribution is 2.30. The van der Waals surface area contributed by atoms with Crippen LogP contribution in [0, 0.1) is 6.92 Å². The van der Waals surface area contributed by atoms with E-state index in [-0.39, 0.29) is 6.03 Å². The molecule has 0 saturated carbocycles. The molecule has 7 nitrogen and oxygen atoms in total. The normalized spacial score (nSPS) is 10.8. The van der Waals surface area contributed by atoms with Gasteiger partial charge in [0.25, 0.3) is 0 Å². The zero-order valence-electron chi connectivity index (χ0n) is 19.6.